The van der Waals surface area contributed by atoms with Gasteiger partial charge in [-0.15, -0.1) is 0 Å². The highest BCUT2D eigenvalue weighted by Crippen LogP contribution is 2.26. The van der Waals surface area contributed by atoms with Crippen LogP contribution in [0.2, 0.25) is 0 Å². The fourth-order valence-corrected chi connectivity index (χ4v) is 4.58. The molecular weight excluding hydrogens is 451 g/mol. The SMILES string of the molecule is CCCCC1COC(CCc2ccc3c(F)c(CCc4cc(F)c(C#N)c(F)c4)ccc3c2)OC1. The Morgan fingerprint density at radius 2 is 1.63 bits per heavy atom. The number of unbranched alkanes of at least 4 members (excludes halogenated alkanes) is 1. The van der Waals surface area contributed by atoms with Crippen molar-refractivity contribution >= 4 is 10.8 Å². The van der Waals surface area contributed by atoms with Crippen LogP contribution in [-0.4, -0.2) is 19.5 Å². The highest BCUT2D eigenvalue weighted by molar-refractivity contribution is 5.84. The predicted molar refractivity (Wildman–Crippen MR) is 129 cm³/mol. The van der Waals surface area contributed by atoms with Crippen LogP contribution in [0.25, 0.3) is 10.8 Å². The van der Waals surface area contributed by atoms with Crippen LogP contribution >= 0.6 is 0 Å². The zero-order valence-electron chi connectivity index (χ0n) is 20.0. The van der Waals surface area contributed by atoms with Gasteiger partial charge in [-0.2, -0.15) is 5.26 Å². The Hall–Kier alpha value is -2.88. The molecule has 184 valence electrons. The molecule has 0 unspecified atom stereocenters. The zero-order chi connectivity index (χ0) is 24.8. The molecule has 6 heteroatoms. The molecule has 1 aliphatic heterocycles. The summed E-state index contributed by atoms with van der Waals surface area (Å²) in [7, 11) is 0. The summed E-state index contributed by atoms with van der Waals surface area (Å²) in [5.41, 5.74) is 1.36. The van der Waals surface area contributed by atoms with Crippen LogP contribution in [0.15, 0.2) is 42.5 Å². The summed E-state index contributed by atoms with van der Waals surface area (Å²) in [6.45, 7) is 3.68. The van der Waals surface area contributed by atoms with Gasteiger partial charge in [0.05, 0.1) is 13.2 Å². The molecule has 0 atom stereocenters. The zero-order valence-corrected chi connectivity index (χ0v) is 20.0. The minimum absolute atomic E-state index is 0.195. The summed E-state index contributed by atoms with van der Waals surface area (Å²) in [5, 5.41) is 10.1. The molecule has 35 heavy (non-hydrogen) atoms. The van der Waals surface area contributed by atoms with Crippen molar-refractivity contribution in [1.29, 1.82) is 5.26 Å². The van der Waals surface area contributed by atoms with Crippen LogP contribution in [0, 0.1) is 34.7 Å². The van der Waals surface area contributed by atoms with E-state index < -0.39 is 17.2 Å². The first-order chi connectivity index (χ1) is 17.0. The molecule has 0 radical (unpaired) electrons. The second kappa shape index (κ2) is 11.7. The van der Waals surface area contributed by atoms with Crippen molar-refractivity contribution in [2.45, 2.75) is 58.2 Å². The van der Waals surface area contributed by atoms with Crippen LogP contribution < -0.4 is 0 Å². The molecule has 0 amide bonds. The number of ether oxygens (including phenoxy) is 2. The van der Waals surface area contributed by atoms with Gasteiger partial charge in [0.15, 0.2) is 6.29 Å². The van der Waals surface area contributed by atoms with Crippen molar-refractivity contribution in [3.05, 3.63) is 82.2 Å². The summed E-state index contributed by atoms with van der Waals surface area (Å²) < 4.78 is 54.6. The monoisotopic (exact) mass is 481 g/mol. The highest BCUT2D eigenvalue weighted by atomic mass is 19.1. The van der Waals surface area contributed by atoms with E-state index in [1.807, 2.05) is 18.2 Å². The third kappa shape index (κ3) is 6.22. The number of benzene rings is 3. The number of hydrogen-bond donors (Lipinski definition) is 0. The molecule has 3 aromatic carbocycles. The number of aryl methyl sites for hydroxylation is 3. The predicted octanol–water partition coefficient (Wildman–Crippen LogP) is 7.03. The second-order valence-corrected chi connectivity index (χ2v) is 9.28. The number of nitrogens with zero attached hydrogens (tertiary/aromatic N) is 1. The molecule has 1 heterocycles. The van der Waals surface area contributed by atoms with Crippen LogP contribution in [0.4, 0.5) is 13.2 Å². The third-order valence-corrected chi connectivity index (χ3v) is 6.67. The molecule has 1 saturated heterocycles. The van der Waals surface area contributed by atoms with Gasteiger partial charge in [0.25, 0.3) is 0 Å². The quantitative estimate of drug-likeness (QED) is 0.330. The normalized spacial score (nSPS) is 18.0. The Morgan fingerprint density at radius 3 is 2.31 bits per heavy atom. The van der Waals surface area contributed by atoms with Gasteiger partial charge in [0.2, 0.25) is 0 Å². The number of nitriles is 1. The van der Waals surface area contributed by atoms with Crippen LogP contribution in [0.1, 0.15) is 54.9 Å². The summed E-state index contributed by atoms with van der Waals surface area (Å²) in [6.07, 6.45) is 5.42. The van der Waals surface area contributed by atoms with Crippen LogP contribution in [0.3, 0.4) is 0 Å². The minimum atomic E-state index is -0.894. The fourth-order valence-electron chi connectivity index (χ4n) is 4.58. The molecule has 3 nitrogen and oxygen atoms in total. The Morgan fingerprint density at radius 1 is 0.886 bits per heavy atom. The van der Waals surface area contributed by atoms with Gasteiger partial charge in [-0.1, -0.05) is 50.1 Å². The first-order valence-electron chi connectivity index (χ1n) is 12.3. The standard InChI is InChI=1S/C29H30F3NO2/c1-2-3-4-21-17-34-28(35-18-21)12-7-19-6-11-24-23(13-19)10-9-22(29(24)32)8-5-20-14-26(30)25(16-33)27(31)15-20/h6,9-11,13-15,21,28H,2-5,7-8,12,17-18H2,1H3. The Kier molecular flexibility index (Phi) is 8.43. The molecule has 0 N–H and O–H groups in total. The van der Waals surface area contributed by atoms with Gasteiger partial charge in [-0.05, 0) is 59.9 Å². The van der Waals surface area contributed by atoms with Gasteiger partial charge in [0.1, 0.15) is 29.1 Å². The topological polar surface area (TPSA) is 42.2 Å². The molecule has 0 bridgehead atoms. The van der Waals surface area contributed by atoms with Crippen LogP contribution in [-0.2, 0) is 28.7 Å². The van der Waals surface area contributed by atoms with Crippen molar-refractivity contribution < 1.29 is 22.6 Å². The van der Waals surface area contributed by atoms with Gasteiger partial charge >= 0.3 is 0 Å². The van der Waals surface area contributed by atoms with Crippen molar-refractivity contribution in [3.63, 3.8) is 0 Å². The van der Waals surface area contributed by atoms with Crippen LogP contribution in [0.5, 0.6) is 0 Å². The van der Waals surface area contributed by atoms with Gasteiger partial charge < -0.3 is 9.47 Å². The largest absolute Gasteiger partial charge is 0.352 e. The maximum atomic E-state index is 15.2. The molecule has 4 rings (SSSR count). The third-order valence-electron chi connectivity index (χ3n) is 6.67. The minimum Gasteiger partial charge on any atom is -0.352 e. The lowest BCUT2D eigenvalue weighted by Crippen LogP contribution is -2.32. The average molecular weight is 482 g/mol. The average Bonchev–Trinajstić information content (AvgIpc) is 2.86. The van der Waals surface area contributed by atoms with E-state index in [2.05, 4.69) is 6.92 Å². The fraction of sp³-hybridized carbons (Fsp3) is 0.414. The van der Waals surface area contributed by atoms with Crippen molar-refractivity contribution in [3.8, 4) is 6.07 Å². The number of hydrogen-bond acceptors (Lipinski definition) is 3. The van der Waals surface area contributed by atoms with Gasteiger partial charge in [0, 0.05) is 17.7 Å². The Labute approximate surface area is 204 Å². The summed E-state index contributed by atoms with van der Waals surface area (Å²) in [5.74, 6) is -1.62. The first kappa shape index (κ1) is 25.2. The summed E-state index contributed by atoms with van der Waals surface area (Å²) in [6, 6.07) is 13.1. The molecule has 3 aromatic rings. The molecule has 0 spiro atoms. The van der Waals surface area contributed by atoms with Gasteiger partial charge in [-0.3, -0.25) is 0 Å². The number of fused-ring (bicyclic) bond motifs is 1. The van der Waals surface area contributed by atoms with Gasteiger partial charge in [-0.25, -0.2) is 13.2 Å². The van der Waals surface area contributed by atoms with E-state index in [4.69, 9.17) is 14.7 Å². The van der Waals surface area contributed by atoms with E-state index in [0.717, 1.165) is 55.6 Å². The Balaban J connectivity index is 1.36. The maximum absolute atomic E-state index is 15.2. The number of halogens is 3. The lowest BCUT2D eigenvalue weighted by Gasteiger charge is -2.29. The van der Waals surface area contributed by atoms with Crippen molar-refractivity contribution in [1.82, 2.24) is 0 Å². The lowest BCUT2D eigenvalue weighted by molar-refractivity contribution is -0.203. The van der Waals surface area contributed by atoms with E-state index in [9.17, 15) is 8.78 Å². The molecule has 0 aromatic heterocycles. The molecule has 1 fully saturated rings. The second-order valence-electron chi connectivity index (χ2n) is 9.28. The first-order valence-corrected chi connectivity index (χ1v) is 12.3. The number of rotatable bonds is 9. The van der Waals surface area contributed by atoms with E-state index in [0.29, 0.717) is 28.9 Å². The van der Waals surface area contributed by atoms with E-state index in [-0.39, 0.29) is 18.5 Å². The molecule has 0 aliphatic carbocycles. The Bertz CT molecular complexity index is 1190. The van der Waals surface area contributed by atoms with E-state index in [1.54, 1.807) is 12.1 Å². The molecule has 1 aliphatic rings. The van der Waals surface area contributed by atoms with Crippen molar-refractivity contribution in [2.75, 3.05) is 13.2 Å². The highest BCUT2D eigenvalue weighted by Gasteiger charge is 2.21. The lowest BCUT2D eigenvalue weighted by atomic mass is 9.97. The molecular formula is C29H30F3NO2. The molecule has 0 saturated carbocycles. The van der Waals surface area contributed by atoms with E-state index in [1.165, 1.54) is 18.9 Å². The summed E-state index contributed by atoms with van der Waals surface area (Å²) in [4.78, 5) is 0. The smallest absolute Gasteiger partial charge is 0.157 e. The maximum Gasteiger partial charge on any atom is 0.157 e. The summed E-state index contributed by atoms with van der Waals surface area (Å²) >= 11 is 0. The van der Waals surface area contributed by atoms with Crippen molar-refractivity contribution in [2.24, 2.45) is 5.92 Å². The van der Waals surface area contributed by atoms with E-state index >= 15 is 4.39 Å².